The summed E-state index contributed by atoms with van der Waals surface area (Å²) in [4.78, 5) is 8.49. The molecule has 4 nitrogen and oxygen atoms in total. The first-order chi connectivity index (χ1) is 8.85. The fourth-order valence-electron chi connectivity index (χ4n) is 1.37. The summed E-state index contributed by atoms with van der Waals surface area (Å²) in [6.45, 7) is 4.00. The van der Waals surface area contributed by atoms with E-state index in [0.717, 1.165) is 5.56 Å². The van der Waals surface area contributed by atoms with Gasteiger partial charge in [-0.25, -0.2) is 4.98 Å². The molecule has 0 N–H and O–H groups in total. The molecule has 0 aliphatic heterocycles. The molecule has 2 aromatic rings. The monoisotopic (exact) mass is 246 g/mol. The minimum absolute atomic E-state index is 0.441. The lowest BCUT2D eigenvalue weighted by Gasteiger charge is -2.07. The third-order valence-corrected chi connectivity index (χ3v) is 2.17. The Hall–Kier alpha value is -2.10. The van der Waals surface area contributed by atoms with Gasteiger partial charge in [-0.3, -0.25) is 0 Å². The largest absolute Gasteiger partial charge is 0.490 e. The molecule has 96 valence electrons. The topological polar surface area (TPSA) is 44.2 Å². The summed E-state index contributed by atoms with van der Waals surface area (Å²) in [6, 6.07) is 9.72. The SMILES string of the molecule is CC.COc1cnc(-c2ccccc2)nc1OC. The number of rotatable bonds is 3. The normalized spacial score (nSPS) is 9.11. The van der Waals surface area contributed by atoms with E-state index in [2.05, 4.69) is 9.97 Å². The Kier molecular flexibility index (Phi) is 5.64. The van der Waals surface area contributed by atoms with E-state index in [9.17, 15) is 0 Å². The molecule has 1 aromatic carbocycles. The van der Waals surface area contributed by atoms with Crippen LogP contribution in [0.15, 0.2) is 36.5 Å². The summed E-state index contributed by atoms with van der Waals surface area (Å²) in [7, 11) is 3.11. The summed E-state index contributed by atoms with van der Waals surface area (Å²) in [5.74, 6) is 1.59. The predicted octanol–water partition coefficient (Wildman–Crippen LogP) is 3.19. The molecule has 0 unspecified atom stereocenters. The average molecular weight is 246 g/mol. The number of aromatic nitrogens is 2. The standard InChI is InChI=1S/C12H12N2O2.C2H6/c1-15-10-8-13-11(14-12(10)16-2)9-6-4-3-5-7-9;1-2/h3-8H,1-2H3;1-2H3. The quantitative estimate of drug-likeness (QED) is 0.834. The van der Waals surface area contributed by atoms with Gasteiger partial charge < -0.3 is 9.47 Å². The van der Waals surface area contributed by atoms with Gasteiger partial charge in [0.1, 0.15) is 0 Å². The Morgan fingerprint density at radius 2 is 1.61 bits per heavy atom. The summed E-state index contributed by atoms with van der Waals surface area (Å²) in [5, 5.41) is 0. The Morgan fingerprint density at radius 3 is 2.17 bits per heavy atom. The first kappa shape index (κ1) is 14.0. The first-order valence-corrected chi connectivity index (χ1v) is 5.85. The van der Waals surface area contributed by atoms with Crippen LogP contribution in [0.5, 0.6) is 11.6 Å². The number of hydrogen-bond acceptors (Lipinski definition) is 4. The average Bonchev–Trinajstić information content (AvgIpc) is 2.49. The van der Waals surface area contributed by atoms with E-state index in [4.69, 9.17) is 9.47 Å². The highest BCUT2D eigenvalue weighted by Gasteiger charge is 2.08. The summed E-state index contributed by atoms with van der Waals surface area (Å²) in [6.07, 6.45) is 1.61. The lowest BCUT2D eigenvalue weighted by Crippen LogP contribution is -1.97. The molecule has 4 heteroatoms. The zero-order chi connectivity index (χ0) is 13.4. The molecule has 0 saturated carbocycles. The van der Waals surface area contributed by atoms with E-state index in [1.54, 1.807) is 20.4 Å². The van der Waals surface area contributed by atoms with Crippen LogP contribution in [0, 0.1) is 0 Å². The van der Waals surface area contributed by atoms with Gasteiger partial charge in [-0.2, -0.15) is 4.98 Å². The minimum Gasteiger partial charge on any atom is -0.490 e. The van der Waals surface area contributed by atoms with Gasteiger partial charge in [-0.15, -0.1) is 0 Å². The Balaban J connectivity index is 0.000000771. The van der Waals surface area contributed by atoms with Crippen LogP contribution < -0.4 is 9.47 Å². The van der Waals surface area contributed by atoms with Crippen LogP contribution in [0.1, 0.15) is 13.8 Å². The van der Waals surface area contributed by atoms with Gasteiger partial charge >= 0.3 is 0 Å². The second-order valence-electron chi connectivity index (χ2n) is 3.14. The summed E-state index contributed by atoms with van der Waals surface area (Å²) >= 11 is 0. The van der Waals surface area contributed by atoms with E-state index in [1.165, 1.54) is 0 Å². The van der Waals surface area contributed by atoms with Crippen LogP contribution in [0.25, 0.3) is 11.4 Å². The highest BCUT2D eigenvalue weighted by Crippen LogP contribution is 2.25. The van der Waals surface area contributed by atoms with Gasteiger partial charge in [0.25, 0.3) is 5.88 Å². The van der Waals surface area contributed by atoms with Crippen molar-refractivity contribution < 1.29 is 9.47 Å². The molecule has 0 atom stereocenters. The van der Waals surface area contributed by atoms with E-state index < -0.39 is 0 Å². The fourth-order valence-corrected chi connectivity index (χ4v) is 1.37. The molecule has 18 heavy (non-hydrogen) atoms. The second kappa shape index (κ2) is 7.27. The van der Waals surface area contributed by atoms with Crippen molar-refractivity contribution in [1.82, 2.24) is 9.97 Å². The number of nitrogens with zero attached hydrogens (tertiary/aromatic N) is 2. The van der Waals surface area contributed by atoms with Gasteiger partial charge in [0, 0.05) is 5.56 Å². The molecule has 0 amide bonds. The third kappa shape index (κ3) is 3.20. The number of methoxy groups -OCH3 is 2. The summed E-state index contributed by atoms with van der Waals surface area (Å²) in [5.41, 5.74) is 0.948. The Labute approximate surface area is 108 Å². The molecule has 1 heterocycles. The predicted molar refractivity (Wildman–Crippen MR) is 71.9 cm³/mol. The van der Waals surface area contributed by atoms with E-state index in [0.29, 0.717) is 17.5 Å². The van der Waals surface area contributed by atoms with Crippen LogP contribution in [-0.2, 0) is 0 Å². The maximum Gasteiger partial charge on any atom is 0.260 e. The van der Waals surface area contributed by atoms with Crippen molar-refractivity contribution in [2.45, 2.75) is 13.8 Å². The van der Waals surface area contributed by atoms with Crippen molar-refractivity contribution in [2.24, 2.45) is 0 Å². The fraction of sp³-hybridized carbons (Fsp3) is 0.286. The number of ether oxygens (including phenoxy) is 2. The van der Waals surface area contributed by atoms with E-state index in [1.807, 2.05) is 44.2 Å². The van der Waals surface area contributed by atoms with Crippen molar-refractivity contribution in [2.75, 3.05) is 14.2 Å². The van der Waals surface area contributed by atoms with Gasteiger partial charge in [0.2, 0.25) is 0 Å². The second-order valence-corrected chi connectivity index (χ2v) is 3.14. The minimum atomic E-state index is 0.441. The third-order valence-electron chi connectivity index (χ3n) is 2.17. The van der Waals surface area contributed by atoms with Crippen molar-refractivity contribution >= 4 is 0 Å². The van der Waals surface area contributed by atoms with Gasteiger partial charge in [-0.05, 0) is 0 Å². The molecule has 0 fully saturated rings. The van der Waals surface area contributed by atoms with Crippen LogP contribution in [0.3, 0.4) is 0 Å². The molecule has 2 rings (SSSR count). The highest BCUT2D eigenvalue weighted by molar-refractivity contribution is 5.55. The molecule has 0 bridgehead atoms. The molecule has 1 aromatic heterocycles. The van der Waals surface area contributed by atoms with Crippen molar-refractivity contribution in [1.29, 1.82) is 0 Å². The van der Waals surface area contributed by atoms with Crippen molar-refractivity contribution in [3.63, 3.8) is 0 Å². The Morgan fingerprint density at radius 1 is 0.944 bits per heavy atom. The maximum atomic E-state index is 5.12. The molecule has 0 aliphatic carbocycles. The van der Waals surface area contributed by atoms with Crippen LogP contribution in [-0.4, -0.2) is 24.2 Å². The van der Waals surface area contributed by atoms with Crippen LogP contribution >= 0.6 is 0 Å². The lowest BCUT2D eigenvalue weighted by molar-refractivity contribution is 0.341. The van der Waals surface area contributed by atoms with Gasteiger partial charge in [-0.1, -0.05) is 44.2 Å². The van der Waals surface area contributed by atoms with Crippen LogP contribution in [0.4, 0.5) is 0 Å². The molecule has 0 radical (unpaired) electrons. The molecular weight excluding hydrogens is 228 g/mol. The van der Waals surface area contributed by atoms with Gasteiger partial charge in [0.05, 0.1) is 20.4 Å². The first-order valence-electron chi connectivity index (χ1n) is 5.85. The smallest absolute Gasteiger partial charge is 0.260 e. The maximum absolute atomic E-state index is 5.12. The molecule has 0 saturated heterocycles. The lowest BCUT2D eigenvalue weighted by atomic mass is 10.2. The number of hydrogen-bond donors (Lipinski definition) is 0. The highest BCUT2D eigenvalue weighted by atomic mass is 16.5. The van der Waals surface area contributed by atoms with E-state index >= 15 is 0 Å². The number of benzene rings is 1. The molecule has 0 spiro atoms. The van der Waals surface area contributed by atoms with Crippen LogP contribution in [0.2, 0.25) is 0 Å². The van der Waals surface area contributed by atoms with Crippen molar-refractivity contribution in [3.05, 3.63) is 36.5 Å². The van der Waals surface area contributed by atoms with Gasteiger partial charge in [0.15, 0.2) is 11.6 Å². The summed E-state index contributed by atoms with van der Waals surface area (Å²) < 4.78 is 10.2. The van der Waals surface area contributed by atoms with Crippen molar-refractivity contribution in [3.8, 4) is 23.0 Å². The van der Waals surface area contributed by atoms with E-state index in [-0.39, 0.29) is 0 Å². The molecule has 0 aliphatic rings. The Bertz CT molecular complexity index is 472. The zero-order valence-corrected chi connectivity index (χ0v) is 11.2. The zero-order valence-electron chi connectivity index (χ0n) is 11.2. The molecular formula is C14H18N2O2.